The van der Waals surface area contributed by atoms with Crippen molar-refractivity contribution in [3.05, 3.63) is 35.9 Å². The van der Waals surface area contributed by atoms with Crippen LogP contribution in [0.15, 0.2) is 30.3 Å². The molecule has 2 nitrogen and oxygen atoms in total. The van der Waals surface area contributed by atoms with Gasteiger partial charge in [0.25, 0.3) is 5.91 Å². The fraction of sp³-hybridized carbons (Fsp3) is 0.462. The zero-order valence-electron chi connectivity index (χ0n) is 9.23. The third-order valence-electron chi connectivity index (χ3n) is 3.05. The van der Waals surface area contributed by atoms with Crippen LogP contribution in [0.5, 0.6) is 0 Å². The topological polar surface area (TPSA) is 20.3 Å². The van der Waals surface area contributed by atoms with Crippen molar-refractivity contribution in [3.63, 3.8) is 0 Å². The summed E-state index contributed by atoms with van der Waals surface area (Å²) in [6.45, 7) is 1.67. The highest BCUT2D eigenvalue weighted by Gasteiger charge is 2.23. The molecule has 2 rings (SSSR count). The lowest BCUT2D eigenvalue weighted by atomic mass is 9.99. The van der Waals surface area contributed by atoms with Crippen LogP contribution in [0.4, 0.5) is 0 Å². The Morgan fingerprint density at radius 3 is 2.81 bits per heavy atom. The SMILES string of the molecule is O=C(c1ccccc1)N1CCC[C@@H](CCl)C1. The van der Waals surface area contributed by atoms with Gasteiger partial charge in [-0.25, -0.2) is 0 Å². The molecule has 1 atom stereocenters. The minimum atomic E-state index is 0.135. The molecule has 1 amide bonds. The monoisotopic (exact) mass is 237 g/mol. The van der Waals surface area contributed by atoms with Crippen molar-refractivity contribution in [3.8, 4) is 0 Å². The molecule has 0 saturated carbocycles. The predicted octanol–water partition coefficient (Wildman–Crippen LogP) is 2.78. The van der Waals surface area contributed by atoms with E-state index in [1.54, 1.807) is 0 Å². The van der Waals surface area contributed by atoms with E-state index in [1.807, 2.05) is 35.2 Å². The van der Waals surface area contributed by atoms with Gasteiger partial charge in [0.05, 0.1) is 0 Å². The Balaban J connectivity index is 2.05. The summed E-state index contributed by atoms with van der Waals surface area (Å²) in [6, 6.07) is 9.46. The van der Waals surface area contributed by atoms with E-state index in [4.69, 9.17) is 11.6 Å². The van der Waals surface area contributed by atoms with E-state index in [2.05, 4.69) is 0 Å². The number of hydrogen-bond donors (Lipinski definition) is 0. The van der Waals surface area contributed by atoms with E-state index in [1.165, 1.54) is 0 Å². The Morgan fingerprint density at radius 1 is 1.38 bits per heavy atom. The maximum absolute atomic E-state index is 12.1. The van der Waals surface area contributed by atoms with Gasteiger partial charge in [0, 0.05) is 24.5 Å². The first-order chi connectivity index (χ1) is 7.81. The van der Waals surface area contributed by atoms with E-state index < -0.39 is 0 Å². The molecule has 3 heteroatoms. The summed E-state index contributed by atoms with van der Waals surface area (Å²) in [7, 11) is 0. The number of likely N-dealkylation sites (tertiary alicyclic amines) is 1. The lowest BCUT2D eigenvalue weighted by molar-refractivity contribution is 0.0685. The number of piperidine rings is 1. The second-order valence-electron chi connectivity index (χ2n) is 4.28. The van der Waals surface area contributed by atoms with Crippen LogP contribution in [0.25, 0.3) is 0 Å². The zero-order valence-corrected chi connectivity index (χ0v) is 9.99. The standard InChI is InChI=1S/C13H16ClNO/c14-9-11-5-4-8-15(10-11)13(16)12-6-2-1-3-7-12/h1-3,6-7,11H,4-5,8-10H2/t11-/m0/s1. The van der Waals surface area contributed by atoms with E-state index in [9.17, 15) is 4.79 Å². The van der Waals surface area contributed by atoms with Crippen LogP contribution in [0.3, 0.4) is 0 Å². The Kier molecular flexibility index (Phi) is 3.83. The molecule has 1 heterocycles. The molecule has 0 aromatic heterocycles. The van der Waals surface area contributed by atoms with Gasteiger partial charge < -0.3 is 4.90 Å². The molecule has 16 heavy (non-hydrogen) atoms. The maximum atomic E-state index is 12.1. The van der Waals surface area contributed by atoms with Crippen LogP contribution in [0.2, 0.25) is 0 Å². The smallest absolute Gasteiger partial charge is 0.253 e. The minimum absolute atomic E-state index is 0.135. The maximum Gasteiger partial charge on any atom is 0.253 e. The van der Waals surface area contributed by atoms with Gasteiger partial charge in [-0.3, -0.25) is 4.79 Å². The molecule has 86 valence electrons. The van der Waals surface area contributed by atoms with Gasteiger partial charge in [0.15, 0.2) is 0 Å². The minimum Gasteiger partial charge on any atom is -0.338 e. The van der Waals surface area contributed by atoms with E-state index in [0.717, 1.165) is 31.5 Å². The highest BCUT2D eigenvalue weighted by Crippen LogP contribution is 2.19. The zero-order chi connectivity index (χ0) is 11.4. The van der Waals surface area contributed by atoms with Crippen LogP contribution >= 0.6 is 11.6 Å². The normalized spacial score (nSPS) is 20.8. The van der Waals surface area contributed by atoms with Gasteiger partial charge in [-0.1, -0.05) is 18.2 Å². The fourth-order valence-corrected chi connectivity index (χ4v) is 2.39. The van der Waals surface area contributed by atoms with Crippen LogP contribution in [0, 0.1) is 5.92 Å². The van der Waals surface area contributed by atoms with Crippen molar-refractivity contribution in [2.75, 3.05) is 19.0 Å². The molecule has 1 aliphatic rings. The first-order valence-corrected chi connectivity index (χ1v) is 6.25. The number of alkyl halides is 1. The number of benzene rings is 1. The van der Waals surface area contributed by atoms with Crippen molar-refractivity contribution < 1.29 is 4.79 Å². The summed E-state index contributed by atoms with van der Waals surface area (Å²) in [5.41, 5.74) is 0.776. The Hall–Kier alpha value is -1.02. The molecule has 1 aromatic rings. The average Bonchev–Trinajstić information content (AvgIpc) is 2.39. The summed E-state index contributed by atoms with van der Waals surface area (Å²) in [5, 5.41) is 0. The van der Waals surface area contributed by atoms with Crippen molar-refractivity contribution >= 4 is 17.5 Å². The molecular formula is C13H16ClNO. The number of rotatable bonds is 2. The number of hydrogen-bond acceptors (Lipinski definition) is 1. The second-order valence-corrected chi connectivity index (χ2v) is 4.59. The van der Waals surface area contributed by atoms with Crippen molar-refractivity contribution in [2.45, 2.75) is 12.8 Å². The van der Waals surface area contributed by atoms with E-state index in [0.29, 0.717) is 11.8 Å². The van der Waals surface area contributed by atoms with Crippen molar-refractivity contribution in [1.29, 1.82) is 0 Å². The Bertz CT molecular complexity index is 352. The molecule has 0 spiro atoms. The molecule has 1 aromatic carbocycles. The number of halogens is 1. The predicted molar refractivity (Wildman–Crippen MR) is 65.8 cm³/mol. The van der Waals surface area contributed by atoms with Crippen LogP contribution < -0.4 is 0 Å². The number of carbonyl (C=O) groups is 1. The fourth-order valence-electron chi connectivity index (χ4n) is 2.14. The van der Waals surface area contributed by atoms with Gasteiger partial charge in [-0.05, 0) is 30.9 Å². The molecule has 0 bridgehead atoms. The quantitative estimate of drug-likeness (QED) is 0.725. The van der Waals surface area contributed by atoms with Crippen molar-refractivity contribution in [1.82, 2.24) is 4.90 Å². The largest absolute Gasteiger partial charge is 0.338 e. The van der Waals surface area contributed by atoms with Crippen LogP contribution in [-0.4, -0.2) is 29.8 Å². The summed E-state index contributed by atoms with van der Waals surface area (Å²) >= 11 is 5.86. The first-order valence-electron chi connectivity index (χ1n) is 5.71. The lowest BCUT2D eigenvalue weighted by Gasteiger charge is -2.31. The molecule has 0 unspecified atom stereocenters. The van der Waals surface area contributed by atoms with Gasteiger partial charge in [-0.15, -0.1) is 11.6 Å². The Morgan fingerprint density at radius 2 is 2.12 bits per heavy atom. The summed E-state index contributed by atoms with van der Waals surface area (Å²) in [4.78, 5) is 14.1. The summed E-state index contributed by atoms with van der Waals surface area (Å²) < 4.78 is 0. The molecular weight excluding hydrogens is 222 g/mol. The molecule has 1 fully saturated rings. The van der Waals surface area contributed by atoms with Gasteiger partial charge in [0.2, 0.25) is 0 Å². The number of carbonyl (C=O) groups excluding carboxylic acids is 1. The van der Waals surface area contributed by atoms with E-state index >= 15 is 0 Å². The van der Waals surface area contributed by atoms with Gasteiger partial charge in [0.1, 0.15) is 0 Å². The van der Waals surface area contributed by atoms with Gasteiger partial charge in [-0.2, -0.15) is 0 Å². The van der Waals surface area contributed by atoms with E-state index in [-0.39, 0.29) is 5.91 Å². The van der Waals surface area contributed by atoms with Gasteiger partial charge >= 0.3 is 0 Å². The van der Waals surface area contributed by atoms with Crippen molar-refractivity contribution in [2.24, 2.45) is 5.92 Å². The number of amides is 1. The highest BCUT2D eigenvalue weighted by molar-refractivity contribution is 6.18. The molecule has 0 N–H and O–H groups in total. The second kappa shape index (κ2) is 5.35. The lowest BCUT2D eigenvalue weighted by Crippen LogP contribution is -2.40. The first kappa shape index (κ1) is 11.5. The van der Waals surface area contributed by atoms with Crippen LogP contribution in [-0.2, 0) is 0 Å². The third-order valence-corrected chi connectivity index (χ3v) is 3.48. The van der Waals surface area contributed by atoms with Crippen LogP contribution in [0.1, 0.15) is 23.2 Å². The third kappa shape index (κ3) is 2.56. The molecule has 1 saturated heterocycles. The molecule has 0 aliphatic carbocycles. The summed E-state index contributed by atoms with van der Waals surface area (Å²) in [6.07, 6.45) is 2.21. The Labute approximate surface area is 101 Å². The summed E-state index contributed by atoms with van der Waals surface area (Å²) in [5.74, 6) is 1.25. The molecule has 0 radical (unpaired) electrons. The highest BCUT2D eigenvalue weighted by atomic mass is 35.5. The number of nitrogens with zero attached hydrogens (tertiary/aromatic N) is 1. The molecule has 1 aliphatic heterocycles. The average molecular weight is 238 g/mol.